The highest BCUT2D eigenvalue weighted by Crippen LogP contribution is 2.17. The van der Waals surface area contributed by atoms with E-state index in [0.717, 1.165) is 0 Å². The number of nitrogens with zero attached hydrogens (tertiary/aromatic N) is 2. The molecule has 2 amide bonds. The number of carbonyl (C=O) groups is 3. The van der Waals surface area contributed by atoms with E-state index in [0.29, 0.717) is 19.5 Å². The van der Waals surface area contributed by atoms with Crippen LogP contribution in [0.4, 0.5) is 0 Å². The van der Waals surface area contributed by atoms with Crippen molar-refractivity contribution in [2.24, 2.45) is 0 Å². The Morgan fingerprint density at radius 2 is 1.77 bits per heavy atom. The summed E-state index contributed by atoms with van der Waals surface area (Å²) in [6, 6.07) is 1.21. The van der Waals surface area contributed by atoms with Crippen LogP contribution < -0.4 is 0 Å². The number of carbonyl (C=O) groups excluding carboxylic acids is 2. The molecule has 122 valence electrons. The molecule has 0 aliphatic rings. The van der Waals surface area contributed by atoms with Crippen LogP contribution in [0.5, 0.6) is 0 Å². The Hall–Kier alpha value is -2.31. The Bertz CT molecular complexity index is 560. The number of carboxylic acid groups (broad SMARTS) is 1. The second kappa shape index (κ2) is 7.63. The van der Waals surface area contributed by atoms with Crippen molar-refractivity contribution in [3.63, 3.8) is 0 Å². The van der Waals surface area contributed by atoms with Crippen LogP contribution in [0.15, 0.2) is 10.5 Å². The van der Waals surface area contributed by atoms with Crippen LogP contribution in [-0.4, -0.2) is 59.4 Å². The molecule has 1 N–H and O–H groups in total. The highest BCUT2D eigenvalue weighted by atomic mass is 16.4. The molecule has 1 aromatic rings. The molecule has 1 rings (SSSR count). The summed E-state index contributed by atoms with van der Waals surface area (Å²) in [4.78, 5) is 38.2. The maximum Gasteiger partial charge on any atom is 0.339 e. The number of carboxylic acids is 1. The van der Waals surface area contributed by atoms with Crippen molar-refractivity contribution in [1.82, 2.24) is 9.80 Å². The minimum absolute atomic E-state index is 0.0191. The monoisotopic (exact) mass is 310 g/mol. The molecule has 0 aliphatic heterocycles. The number of aromatic carboxylic acids is 1. The molecular formula is C15H22N2O5. The Balaban J connectivity index is 2.87. The number of likely N-dealkylation sites (N-methyl/N-ethyl adjacent to an activating group) is 2. The number of rotatable bonds is 7. The zero-order chi connectivity index (χ0) is 16.9. The quantitative estimate of drug-likeness (QED) is 0.823. The van der Waals surface area contributed by atoms with Gasteiger partial charge >= 0.3 is 5.97 Å². The van der Waals surface area contributed by atoms with E-state index in [2.05, 4.69) is 0 Å². The molecule has 1 heterocycles. The third-order valence-electron chi connectivity index (χ3n) is 3.41. The summed E-state index contributed by atoms with van der Waals surface area (Å²) in [6.07, 6.45) is 0.372. The van der Waals surface area contributed by atoms with Gasteiger partial charge in [-0.2, -0.15) is 0 Å². The molecule has 0 spiro atoms. The van der Waals surface area contributed by atoms with Gasteiger partial charge in [0.25, 0.3) is 5.91 Å². The van der Waals surface area contributed by atoms with E-state index in [1.165, 1.54) is 18.0 Å². The van der Waals surface area contributed by atoms with Gasteiger partial charge in [0.1, 0.15) is 11.3 Å². The number of amides is 2. The zero-order valence-electron chi connectivity index (χ0n) is 13.4. The molecule has 0 fully saturated rings. The normalized spacial score (nSPS) is 10.4. The first-order chi connectivity index (χ1) is 10.3. The fraction of sp³-hybridized carbons (Fsp3) is 0.533. The van der Waals surface area contributed by atoms with E-state index < -0.39 is 11.9 Å². The SMILES string of the molecule is CCc1oc(C(=O)N(C)CC(=O)N(CC)CC)cc1C(=O)O. The highest BCUT2D eigenvalue weighted by Gasteiger charge is 2.24. The highest BCUT2D eigenvalue weighted by molar-refractivity contribution is 5.97. The van der Waals surface area contributed by atoms with Crippen LogP contribution in [0, 0.1) is 0 Å². The molecule has 0 saturated heterocycles. The summed E-state index contributed by atoms with van der Waals surface area (Å²) >= 11 is 0. The van der Waals surface area contributed by atoms with Crippen LogP contribution in [0.2, 0.25) is 0 Å². The van der Waals surface area contributed by atoms with Crippen LogP contribution in [0.25, 0.3) is 0 Å². The first-order valence-electron chi connectivity index (χ1n) is 7.24. The molecule has 0 aliphatic carbocycles. The van der Waals surface area contributed by atoms with Gasteiger partial charge in [-0.15, -0.1) is 0 Å². The molecular weight excluding hydrogens is 288 g/mol. The van der Waals surface area contributed by atoms with Crippen LogP contribution in [0.3, 0.4) is 0 Å². The third kappa shape index (κ3) is 3.87. The van der Waals surface area contributed by atoms with Gasteiger partial charge < -0.3 is 19.3 Å². The first kappa shape index (κ1) is 17.7. The summed E-state index contributed by atoms with van der Waals surface area (Å²) in [7, 11) is 1.48. The van der Waals surface area contributed by atoms with Gasteiger partial charge in [0.05, 0.1) is 6.54 Å². The van der Waals surface area contributed by atoms with Crippen LogP contribution in [0.1, 0.15) is 47.4 Å². The van der Waals surface area contributed by atoms with Crippen molar-refractivity contribution in [3.8, 4) is 0 Å². The zero-order valence-corrected chi connectivity index (χ0v) is 13.4. The van der Waals surface area contributed by atoms with E-state index in [1.807, 2.05) is 13.8 Å². The second-order valence-electron chi connectivity index (χ2n) is 4.83. The summed E-state index contributed by atoms with van der Waals surface area (Å²) in [5.41, 5.74) is -0.0191. The smallest absolute Gasteiger partial charge is 0.339 e. The maximum atomic E-state index is 12.3. The lowest BCUT2D eigenvalue weighted by atomic mass is 10.2. The molecule has 0 radical (unpaired) electrons. The van der Waals surface area contributed by atoms with Gasteiger partial charge in [-0.1, -0.05) is 6.92 Å². The van der Waals surface area contributed by atoms with Crippen molar-refractivity contribution in [2.75, 3.05) is 26.7 Å². The minimum atomic E-state index is -1.14. The lowest BCUT2D eigenvalue weighted by molar-refractivity contribution is -0.131. The topological polar surface area (TPSA) is 91.1 Å². The van der Waals surface area contributed by atoms with E-state index in [-0.39, 0.29) is 29.5 Å². The lowest BCUT2D eigenvalue weighted by Gasteiger charge is -2.22. The standard InChI is InChI=1S/C15H22N2O5/c1-5-11-10(15(20)21)8-12(22-11)14(19)16(4)9-13(18)17(6-2)7-3/h8H,5-7,9H2,1-4H3,(H,20,21). The predicted octanol–water partition coefficient (Wildman–Crippen LogP) is 1.48. The molecule has 22 heavy (non-hydrogen) atoms. The molecule has 0 saturated carbocycles. The summed E-state index contributed by atoms with van der Waals surface area (Å²) in [5, 5.41) is 9.07. The Kier molecular flexibility index (Phi) is 6.15. The number of hydrogen-bond donors (Lipinski definition) is 1. The second-order valence-corrected chi connectivity index (χ2v) is 4.83. The number of furan rings is 1. The molecule has 7 heteroatoms. The fourth-order valence-electron chi connectivity index (χ4n) is 2.12. The molecule has 7 nitrogen and oxygen atoms in total. The molecule has 0 aromatic carbocycles. The van der Waals surface area contributed by atoms with E-state index in [9.17, 15) is 14.4 Å². The number of aryl methyl sites for hydroxylation is 1. The third-order valence-corrected chi connectivity index (χ3v) is 3.41. The van der Waals surface area contributed by atoms with Crippen molar-refractivity contribution >= 4 is 17.8 Å². The van der Waals surface area contributed by atoms with E-state index >= 15 is 0 Å². The molecule has 0 unspecified atom stereocenters. The van der Waals surface area contributed by atoms with Crippen molar-refractivity contribution in [2.45, 2.75) is 27.2 Å². The molecule has 1 aromatic heterocycles. The van der Waals surface area contributed by atoms with Gasteiger partial charge in [0.15, 0.2) is 5.76 Å². The first-order valence-corrected chi connectivity index (χ1v) is 7.24. The van der Waals surface area contributed by atoms with Crippen molar-refractivity contribution in [1.29, 1.82) is 0 Å². The van der Waals surface area contributed by atoms with Gasteiger partial charge in [-0.05, 0) is 13.8 Å². The van der Waals surface area contributed by atoms with Crippen LogP contribution >= 0.6 is 0 Å². The number of hydrogen-bond acceptors (Lipinski definition) is 4. The Labute approximate surface area is 129 Å². The summed E-state index contributed by atoms with van der Waals surface area (Å²) in [6.45, 7) is 6.53. The summed E-state index contributed by atoms with van der Waals surface area (Å²) in [5.74, 6) is -1.63. The Morgan fingerprint density at radius 1 is 1.18 bits per heavy atom. The van der Waals surface area contributed by atoms with Crippen LogP contribution in [-0.2, 0) is 11.2 Å². The fourth-order valence-corrected chi connectivity index (χ4v) is 2.12. The van der Waals surface area contributed by atoms with E-state index in [1.54, 1.807) is 11.8 Å². The summed E-state index contributed by atoms with van der Waals surface area (Å²) < 4.78 is 5.31. The molecule has 0 atom stereocenters. The average molecular weight is 310 g/mol. The van der Waals surface area contributed by atoms with Gasteiger partial charge in [-0.3, -0.25) is 9.59 Å². The van der Waals surface area contributed by atoms with Gasteiger partial charge in [0, 0.05) is 32.6 Å². The average Bonchev–Trinajstić information content (AvgIpc) is 2.92. The van der Waals surface area contributed by atoms with Crippen molar-refractivity contribution < 1.29 is 23.9 Å². The Morgan fingerprint density at radius 3 is 2.18 bits per heavy atom. The minimum Gasteiger partial charge on any atom is -0.478 e. The van der Waals surface area contributed by atoms with Gasteiger partial charge in [0.2, 0.25) is 5.91 Å². The van der Waals surface area contributed by atoms with E-state index in [4.69, 9.17) is 9.52 Å². The molecule has 0 bridgehead atoms. The van der Waals surface area contributed by atoms with Gasteiger partial charge in [-0.25, -0.2) is 4.79 Å². The largest absolute Gasteiger partial charge is 0.478 e. The predicted molar refractivity (Wildman–Crippen MR) is 79.9 cm³/mol. The maximum absolute atomic E-state index is 12.3. The van der Waals surface area contributed by atoms with Crippen molar-refractivity contribution in [3.05, 3.63) is 23.2 Å². The lowest BCUT2D eigenvalue weighted by Crippen LogP contribution is -2.40.